The van der Waals surface area contributed by atoms with Crippen LogP contribution in [0.15, 0.2) is 103 Å². The van der Waals surface area contributed by atoms with Crippen molar-refractivity contribution in [2.45, 2.75) is 26.3 Å². The van der Waals surface area contributed by atoms with E-state index < -0.39 is 52.2 Å². The lowest BCUT2D eigenvalue weighted by atomic mass is 10.0. The van der Waals surface area contributed by atoms with Gasteiger partial charge in [0.1, 0.15) is 16.9 Å². The van der Waals surface area contributed by atoms with Crippen LogP contribution in [0.4, 0.5) is 22.7 Å². The van der Waals surface area contributed by atoms with Gasteiger partial charge < -0.3 is 56.5 Å². The van der Waals surface area contributed by atoms with Crippen molar-refractivity contribution in [3.63, 3.8) is 0 Å². The largest absolute Gasteiger partial charge is 0.508 e. The fourth-order valence-corrected chi connectivity index (χ4v) is 5.72. The van der Waals surface area contributed by atoms with E-state index >= 15 is 0 Å². The van der Waals surface area contributed by atoms with E-state index in [9.17, 15) is 49.2 Å². The van der Waals surface area contributed by atoms with Crippen LogP contribution in [0.25, 0.3) is 6.08 Å². The molecule has 61 heavy (non-hydrogen) atoms. The summed E-state index contributed by atoms with van der Waals surface area (Å²) in [7, 11) is 2.37. The van der Waals surface area contributed by atoms with E-state index in [0.717, 1.165) is 11.6 Å². The summed E-state index contributed by atoms with van der Waals surface area (Å²) in [6, 6.07) is 23.1. The molecule has 0 aliphatic rings. The molecule has 0 aromatic heterocycles. The Morgan fingerprint density at radius 1 is 0.574 bits per heavy atom. The van der Waals surface area contributed by atoms with Crippen molar-refractivity contribution >= 4 is 64.3 Å². The van der Waals surface area contributed by atoms with Gasteiger partial charge in [-0.15, -0.1) is 0 Å². The predicted molar refractivity (Wildman–Crippen MR) is 226 cm³/mol. The zero-order chi connectivity index (χ0) is 44.6. The lowest BCUT2D eigenvalue weighted by Crippen LogP contribution is -2.52. The Hall–Kier alpha value is -8.34. The number of carboxylic acids is 1. The number of rotatable bonds is 14. The molecule has 0 aliphatic carbocycles. The topological polar surface area (TPSA) is 262 Å². The summed E-state index contributed by atoms with van der Waals surface area (Å²) in [6.07, 6.45) is 1.66. The minimum absolute atomic E-state index is 0.00562. The Morgan fingerprint density at radius 2 is 1.05 bits per heavy atom. The van der Waals surface area contributed by atoms with E-state index in [1.165, 1.54) is 94.8 Å². The molecule has 0 saturated heterocycles. The molecular formula is C44H41N5O12. The van der Waals surface area contributed by atoms with Crippen molar-refractivity contribution < 1.29 is 58.7 Å². The van der Waals surface area contributed by atoms with Gasteiger partial charge in [0.15, 0.2) is 23.0 Å². The van der Waals surface area contributed by atoms with Gasteiger partial charge in [0.05, 0.1) is 31.2 Å². The number of nitrogens with one attached hydrogen (secondary N) is 5. The number of benzene rings is 5. The molecule has 0 bridgehead atoms. The van der Waals surface area contributed by atoms with Gasteiger partial charge in [-0.2, -0.15) is 0 Å². The zero-order valence-electron chi connectivity index (χ0n) is 33.4. The molecule has 0 atom stereocenters. The maximum Gasteiger partial charge on any atom is 0.339 e. The number of aromatic carboxylic acids is 1. The van der Waals surface area contributed by atoms with E-state index in [1.54, 1.807) is 37.3 Å². The predicted octanol–water partition coefficient (Wildman–Crippen LogP) is 6.21. The lowest BCUT2D eigenvalue weighted by molar-refractivity contribution is -0.121. The average molecular weight is 832 g/mol. The molecule has 0 unspecified atom stereocenters. The SMILES string of the molecule is COc1c(NC(=O)c2ccc(NC(=O)c3ccc(NC(=O)C(C)(C)NC(=O)c4ccc(NC(=O)/C(C)=C/c5ccc(O)cc5)cc4)cc3)c(OC)c2O)ccc(C(=O)O)c1O. The third-order valence-corrected chi connectivity index (χ3v) is 9.08. The number of hydrogen-bond acceptors (Lipinski definition) is 11. The fourth-order valence-electron chi connectivity index (χ4n) is 5.72. The number of phenols is 3. The number of hydrogen-bond donors (Lipinski definition) is 9. The van der Waals surface area contributed by atoms with E-state index in [0.29, 0.717) is 16.9 Å². The van der Waals surface area contributed by atoms with Crippen molar-refractivity contribution in [3.05, 3.63) is 130 Å². The van der Waals surface area contributed by atoms with Crippen LogP contribution in [0.3, 0.4) is 0 Å². The average Bonchev–Trinajstić information content (AvgIpc) is 3.22. The van der Waals surface area contributed by atoms with Gasteiger partial charge in [0.2, 0.25) is 5.91 Å². The summed E-state index contributed by atoms with van der Waals surface area (Å²) >= 11 is 0. The monoisotopic (exact) mass is 831 g/mol. The van der Waals surface area contributed by atoms with E-state index in [4.69, 9.17) is 9.47 Å². The smallest absolute Gasteiger partial charge is 0.339 e. The van der Waals surface area contributed by atoms with Crippen LogP contribution in [0.1, 0.15) is 67.8 Å². The molecule has 5 aromatic rings. The van der Waals surface area contributed by atoms with Crippen molar-refractivity contribution in [1.82, 2.24) is 5.32 Å². The lowest BCUT2D eigenvalue weighted by Gasteiger charge is -2.25. The van der Waals surface area contributed by atoms with Crippen LogP contribution in [0, 0.1) is 0 Å². The van der Waals surface area contributed by atoms with Crippen molar-refractivity contribution in [1.29, 1.82) is 0 Å². The summed E-state index contributed by atoms with van der Waals surface area (Å²) in [5.41, 5.74) is 0.0783. The summed E-state index contributed by atoms with van der Waals surface area (Å²) in [6.45, 7) is 4.67. The Kier molecular flexibility index (Phi) is 13.3. The Morgan fingerprint density at radius 3 is 1.57 bits per heavy atom. The van der Waals surface area contributed by atoms with Gasteiger partial charge >= 0.3 is 5.97 Å². The molecule has 17 heteroatoms. The van der Waals surface area contributed by atoms with E-state index in [2.05, 4.69) is 26.6 Å². The molecule has 9 N–H and O–H groups in total. The summed E-state index contributed by atoms with van der Waals surface area (Å²) in [5, 5.41) is 53.1. The first kappa shape index (κ1) is 43.8. The first-order valence-corrected chi connectivity index (χ1v) is 18.2. The van der Waals surface area contributed by atoms with Gasteiger partial charge in [-0.3, -0.25) is 24.0 Å². The molecule has 0 heterocycles. The zero-order valence-corrected chi connectivity index (χ0v) is 33.4. The first-order chi connectivity index (χ1) is 28.9. The number of carboxylic acid groups (broad SMARTS) is 1. The molecule has 0 radical (unpaired) electrons. The van der Waals surface area contributed by atoms with Gasteiger partial charge in [0, 0.05) is 28.1 Å². The number of carbonyl (C=O) groups is 6. The molecule has 5 amide bonds. The minimum atomic E-state index is -1.42. The fraction of sp³-hybridized carbons (Fsp3) is 0.136. The number of ether oxygens (including phenoxy) is 2. The maximum absolute atomic E-state index is 13.2. The summed E-state index contributed by atoms with van der Waals surface area (Å²) in [5.74, 6) is -6.20. The van der Waals surface area contributed by atoms with Crippen LogP contribution in [0.5, 0.6) is 28.7 Å². The maximum atomic E-state index is 13.2. The molecule has 0 aliphatic heterocycles. The highest BCUT2D eigenvalue weighted by molar-refractivity contribution is 6.11. The third-order valence-electron chi connectivity index (χ3n) is 9.08. The first-order valence-electron chi connectivity index (χ1n) is 18.2. The second-order valence-corrected chi connectivity index (χ2v) is 13.9. The number of phenolic OH excluding ortho intramolecular Hbond substituents is 2. The molecule has 0 fully saturated rings. The van der Waals surface area contributed by atoms with Gasteiger partial charge in [-0.1, -0.05) is 12.1 Å². The highest BCUT2D eigenvalue weighted by Gasteiger charge is 2.30. The van der Waals surface area contributed by atoms with Crippen LogP contribution in [0.2, 0.25) is 0 Å². The standard InChI is InChI=1S/C44H41N5O12/c1-23(22-24-6-16-29(50)17-7-24)38(53)45-27-12-10-26(11-13-27)40(55)49-44(2,3)43(59)46-28-14-8-25(9-15-28)39(54)47-32-20-18-30(34(51)36(32)60-4)41(56)48-33-21-19-31(42(57)58)35(52)37(33)61-5/h6-22,50-52H,1-5H3,(H,45,53)(H,46,59)(H,47,54)(H,48,56)(H,49,55)(H,57,58)/b23-22+. The number of carbonyl (C=O) groups excluding carboxylic acids is 5. The third kappa shape index (κ3) is 10.4. The normalized spacial score (nSPS) is 11.1. The van der Waals surface area contributed by atoms with Crippen LogP contribution < -0.4 is 36.1 Å². The second kappa shape index (κ2) is 18.5. The van der Waals surface area contributed by atoms with Gasteiger partial charge in [0.25, 0.3) is 23.6 Å². The Labute approximate surface area is 348 Å². The quantitative estimate of drug-likeness (QED) is 0.0566. The van der Waals surface area contributed by atoms with Crippen LogP contribution >= 0.6 is 0 Å². The molecule has 5 aromatic carbocycles. The number of amides is 5. The number of aromatic hydroxyl groups is 3. The van der Waals surface area contributed by atoms with Crippen molar-refractivity contribution in [2.24, 2.45) is 0 Å². The molecule has 314 valence electrons. The summed E-state index contributed by atoms with van der Waals surface area (Å²) in [4.78, 5) is 76.7. The number of methoxy groups -OCH3 is 2. The number of anilines is 4. The minimum Gasteiger partial charge on any atom is -0.508 e. The van der Waals surface area contributed by atoms with Gasteiger partial charge in [-0.25, -0.2) is 4.79 Å². The molecule has 17 nitrogen and oxygen atoms in total. The highest BCUT2D eigenvalue weighted by Crippen LogP contribution is 2.40. The van der Waals surface area contributed by atoms with E-state index in [1.807, 2.05) is 0 Å². The summed E-state index contributed by atoms with van der Waals surface area (Å²) < 4.78 is 10.4. The van der Waals surface area contributed by atoms with Gasteiger partial charge in [-0.05, 0) is 117 Å². The van der Waals surface area contributed by atoms with Crippen molar-refractivity contribution in [3.8, 4) is 28.7 Å². The Balaban J connectivity index is 1.17. The second-order valence-electron chi connectivity index (χ2n) is 13.9. The molecule has 0 spiro atoms. The Bertz CT molecular complexity index is 2550. The van der Waals surface area contributed by atoms with E-state index in [-0.39, 0.29) is 51.2 Å². The van der Waals surface area contributed by atoms with Crippen molar-refractivity contribution in [2.75, 3.05) is 35.5 Å². The van der Waals surface area contributed by atoms with Crippen LogP contribution in [-0.4, -0.2) is 75.7 Å². The molecular weight excluding hydrogens is 791 g/mol. The highest BCUT2D eigenvalue weighted by atomic mass is 16.5. The van der Waals surface area contributed by atoms with Crippen LogP contribution in [-0.2, 0) is 9.59 Å². The molecule has 0 saturated carbocycles. The molecule has 5 rings (SSSR count).